The van der Waals surface area contributed by atoms with Crippen LogP contribution >= 0.6 is 0 Å². The van der Waals surface area contributed by atoms with Crippen molar-refractivity contribution >= 4 is 28.4 Å². The van der Waals surface area contributed by atoms with E-state index in [2.05, 4.69) is 15.3 Å². The lowest BCUT2D eigenvalue weighted by molar-refractivity contribution is 0.102. The van der Waals surface area contributed by atoms with Crippen molar-refractivity contribution < 1.29 is 18.7 Å². The van der Waals surface area contributed by atoms with Crippen LogP contribution in [0.5, 0.6) is 5.75 Å². The van der Waals surface area contributed by atoms with Gasteiger partial charge in [0.1, 0.15) is 28.5 Å². The molecule has 4 aromatic rings. The molecule has 0 unspecified atom stereocenters. The Labute approximate surface area is 171 Å². The van der Waals surface area contributed by atoms with Crippen LogP contribution in [0, 0.1) is 19.7 Å². The van der Waals surface area contributed by atoms with Gasteiger partial charge in [-0.05, 0) is 61.4 Å². The molecule has 0 fully saturated rings. The van der Waals surface area contributed by atoms with E-state index in [4.69, 9.17) is 4.42 Å². The lowest BCUT2D eigenvalue weighted by Gasteiger charge is -2.07. The summed E-state index contributed by atoms with van der Waals surface area (Å²) < 4.78 is 19.5. The maximum absolute atomic E-state index is 13.7. The number of amides is 1. The first kappa shape index (κ1) is 19.3. The summed E-state index contributed by atoms with van der Waals surface area (Å²) in [7, 11) is 0. The van der Waals surface area contributed by atoms with Gasteiger partial charge in [0.2, 0.25) is 5.55 Å². The van der Waals surface area contributed by atoms with Crippen LogP contribution in [0.1, 0.15) is 21.5 Å². The summed E-state index contributed by atoms with van der Waals surface area (Å²) in [6.45, 7) is 3.68. The zero-order chi connectivity index (χ0) is 21.3. The molecule has 0 atom stereocenters. The van der Waals surface area contributed by atoms with Crippen molar-refractivity contribution in [2.75, 3.05) is 5.32 Å². The fourth-order valence-electron chi connectivity index (χ4n) is 2.89. The lowest BCUT2D eigenvalue weighted by Crippen LogP contribution is -2.22. The van der Waals surface area contributed by atoms with Crippen molar-refractivity contribution in [3.05, 3.63) is 88.9 Å². The number of phenols is 1. The predicted molar refractivity (Wildman–Crippen MR) is 111 cm³/mol. The van der Waals surface area contributed by atoms with Crippen LogP contribution < -0.4 is 10.9 Å². The zero-order valence-electron chi connectivity index (χ0n) is 16.3. The highest BCUT2D eigenvalue weighted by atomic mass is 19.1. The second-order valence-corrected chi connectivity index (χ2v) is 6.90. The summed E-state index contributed by atoms with van der Waals surface area (Å²) in [5.41, 5.74) is 2.50. The van der Waals surface area contributed by atoms with E-state index in [-0.39, 0.29) is 16.9 Å². The molecule has 0 saturated carbocycles. The highest BCUT2D eigenvalue weighted by Crippen LogP contribution is 2.22. The smallest absolute Gasteiger partial charge is 0.262 e. The number of aryl methyl sites for hydroxylation is 2. The van der Waals surface area contributed by atoms with Crippen molar-refractivity contribution in [1.82, 2.24) is 4.98 Å². The van der Waals surface area contributed by atoms with Gasteiger partial charge in [-0.25, -0.2) is 14.4 Å². The fraction of sp³-hybridized carbons (Fsp3) is 0.0870. The summed E-state index contributed by atoms with van der Waals surface area (Å²) in [5, 5.41) is 13.1. The van der Waals surface area contributed by atoms with Crippen molar-refractivity contribution in [2.45, 2.75) is 13.8 Å². The monoisotopic (exact) mass is 403 g/mol. The third-order valence-corrected chi connectivity index (χ3v) is 4.52. The molecule has 2 aromatic carbocycles. The van der Waals surface area contributed by atoms with E-state index in [1.165, 1.54) is 24.3 Å². The van der Waals surface area contributed by atoms with Gasteiger partial charge in [-0.3, -0.25) is 4.79 Å². The Morgan fingerprint density at radius 2 is 1.93 bits per heavy atom. The Morgan fingerprint density at radius 1 is 1.10 bits per heavy atom. The molecule has 6 nitrogen and oxygen atoms in total. The number of hydrogen-bond donors (Lipinski definition) is 2. The molecule has 0 saturated heterocycles. The summed E-state index contributed by atoms with van der Waals surface area (Å²) in [6.07, 6.45) is 1.64. The molecule has 0 aliphatic heterocycles. The largest absolute Gasteiger partial charge is 0.508 e. The highest BCUT2D eigenvalue weighted by Gasteiger charge is 2.14. The number of nitrogens with zero attached hydrogens (tertiary/aromatic N) is 2. The molecule has 0 spiro atoms. The second-order valence-electron chi connectivity index (χ2n) is 6.90. The third kappa shape index (κ3) is 4.05. The maximum Gasteiger partial charge on any atom is 0.262 e. The molecule has 1 amide bonds. The third-order valence-electron chi connectivity index (χ3n) is 4.52. The van der Waals surface area contributed by atoms with Gasteiger partial charge in [0.15, 0.2) is 0 Å². The second kappa shape index (κ2) is 7.79. The average Bonchev–Trinajstić information content (AvgIpc) is 2.72. The number of carbonyl (C=O) groups excluding carboxylic acids is 1. The topological polar surface area (TPSA) is 87.7 Å². The number of rotatable bonds is 3. The van der Waals surface area contributed by atoms with E-state index in [9.17, 15) is 14.3 Å². The Balaban J connectivity index is 1.88. The quantitative estimate of drug-likeness (QED) is 0.516. The number of aromatic nitrogens is 1. The Kier molecular flexibility index (Phi) is 5.02. The number of halogens is 1. The number of phenolic OH excluding ortho intramolecular Hbond substituents is 1. The molecule has 2 N–H and O–H groups in total. The summed E-state index contributed by atoms with van der Waals surface area (Å²) in [5.74, 6) is -0.532. The van der Waals surface area contributed by atoms with Crippen molar-refractivity contribution in [1.29, 1.82) is 0 Å². The number of hydrogen-bond acceptors (Lipinski definition) is 5. The molecule has 7 heteroatoms. The van der Waals surface area contributed by atoms with Crippen LogP contribution in [0.15, 0.2) is 70.2 Å². The fourth-order valence-corrected chi connectivity index (χ4v) is 2.89. The minimum absolute atomic E-state index is 0.00795. The maximum atomic E-state index is 13.7. The van der Waals surface area contributed by atoms with E-state index in [0.29, 0.717) is 28.0 Å². The number of fused-ring (bicyclic) bond motifs is 1. The summed E-state index contributed by atoms with van der Waals surface area (Å²) in [6, 6.07) is 13.9. The molecule has 0 aliphatic carbocycles. The molecule has 2 aromatic heterocycles. The number of nitrogens with one attached hydrogen (secondary N) is 1. The van der Waals surface area contributed by atoms with E-state index in [1.807, 2.05) is 13.0 Å². The van der Waals surface area contributed by atoms with Crippen LogP contribution in [0.3, 0.4) is 0 Å². The van der Waals surface area contributed by atoms with E-state index < -0.39 is 11.7 Å². The van der Waals surface area contributed by atoms with Crippen molar-refractivity contribution in [3.8, 4) is 5.75 Å². The van der Waals surface area contributed by atoms with Gasteiger partial charge in [-0.2, -0.15) is 0 Å². The van der Waals surface area contributed by atoms with Crippen LogP contribution in [-0.2, 0) is 0 Å². The van der Waals surface area contributed by atoms with Gasteiger partial charge in [0.25, 0.3) is 5.91 Å². The molecule has 2 heterocycles. The molecular weight excluding hydrogens is 385 g/mol. The summed E-state index contributed by atoms with van der Waals surface area (Å²) in [4.78, 5) is 21.5. The van der Waals surface area contributed by atoms with Crippen LogP contribution in [0.25, 0.3) is 11.0 Å². The molecule has 150 valence electrons. The predicted octanol–water partition coefficient (Wildman–Crippen LogP) is 4.77. The summed E-state index contributed by atoms with van der Waals surface area (Å²) >= 11 is 0. The van der Waals surface area contributed by atoms with Crippen molar-refractivity contribution in [3.63, 3.8) is 0 Å². The SMILES string of the molecule is Cc1ccc(NC(=O)c2cc3ccc(O)cc3oc2=Nc2cc(F)ccc2C)nc1. The van der Waals surface area contributed by atoms with E-state index in [1.54, 1.807) is 37.4 Å². The average molecular weight is 403 g/mol. The number of carbonyl (C=O) groups is 1. The van der Waals surface area contributed by atoms with Gasteiger partial charge >= 0.3 is 0 Å². The Hall–Kier alpha value is -4.00. The molecule has 0 aliphatic rings. The zero-order valence-corrected chi connectivity index (χ0v) is 16.3. The van der Waals surface area contributed by atoms with E-state index >= 15 is 0 Å². The standard InChI is InChI=1S/C23H18FN3O3/c1-13-3-8-21(25-12-13)27-22(29)18-9-15-5-7-17(28)11-20(15)30-23(18)26-19-10-16(24)6-4-14(19)2/h3-12,28H,1-2H3,(H,25,27,29). The number of aromatic hydroxyl groups is 1. The van der Waals surface area contributed by atoms with Gasteiger partial charge < -0.3 is 14.8 Å². The molecule has 0 radical (unpaired) electrons. The van der Waals surface area contributed by atoms with Gasteiger partial charge in [-0.15, -0.1) is 0 Å². The normalized spacial score (nSPS) is 11.6. The van der Waals surface area contributed by atoms with Gasteiger partial charge in [0, 0.05) is 17.6 Å². The Morgan fingerprint density at radius 3 is 2.70 bits per heavy atom. The lowest BCUT2D eigenvalue weighted by atomic mass is 10.1. The highest BCUT2D eigenvalue weighted by molar-refractivity contribution is 6.05. The van der Waals surface area contributed by atoms with Crippen LogP contribution in [-0.4, -0.2) is 16.0 Å². The van der Waals surface area contributed by atoms with Crippen LogP contribution in [0.2, 0.25) is 0 Å². The first-order valence-corrected chi connectivity index (χ1v) is 9.21. The number of benzene rings is 2. The molecule has 0 bridgehead atoms. The first-order valence-electron chi connectivity index (χ1n) is 9.21. The Bertz CT molecular complexity index is 1330. The van der Waals surface area contributed by atoms with Gasteiger partial charge in [-0.1, -0.05) is 12.1 Å². The van der Waals surface area contributed by atoms with Gasteiger partial charge in [0.05, 0.1) is 5.69 Å². The van der Waals surface area contributed by atoms with Crippen LogP contribution in [0.4, 0.5) is 15.9 Å². The first-order chi connectivity index (χ1) is 14.4. The minimum atomic E-state index is -0.474. The molecule has 30 heavy (non-hydrogen) atoms. The van der Waals surface area contributed by atoms with Crippen molar-refractivity contribution in [2.24, 2.45) is 4.99 Å². The minimum Gasteiger partial charge on any atom is -0.508 e. The number of anilines is 1. The van der Waals surface area contributed by atoms with E-state index in [0.717, 1.165) is 5.56 Å². The molecular formula is C23H18FN3O3. The molecule has 4 rings (SSSR count). The number of pyridine rings is 1.